The fourth-order valence-corrected chi connectivity index (χ4v) is 7.61. The topological polar surface area (TPSA) is 61.8 Å². The maximum atomic E-state index is 11.3. The van der Waals surface area contributed by atoms with Crippen molar-refractivity contribution in [3.8, 4) is 0 Å². The smallest absolute Gasteiger partial charge is 0.287 e. The van der Waals surface area contributed by atoms with Gasteiger partial charge in [-0.2, -0.15) is 0 Å². The molecule has 0 amide bonds. The molecule has 0 saturated carbocycles. The summed E-state index contributed by atoms with van der Waals surface area (Å²) in [6.07, 6.45) is 4.81. The Kier molecular flexibility index (Phi) is 19.5. The van der Waals surface area contributed by atoms with Crippen molar-refractivity contribution in [2.45, 2.75) is 69.2 Å². The summed E-state index contributed by atoms with van der Waals surface area (Å²) in [4.78, 5) is 0. The van der Waals surface area contributed by atoms with Crippen LogP contribution in [0.5, 0.6) is 0 Å². The van der Waals surface area contributed by atoms with E-state index in [1.807, 2.05) is 0 Å². The molecular formula is C14H33O5PSn. The quantitative estimate of drug-likeness (QED) is 0.314. The van der Waals surface area contributed by atoms with Gasteiger partial charge in [0.05, 0.1) is 19.8 Å². The van der Waals surface area contributed by atoms with Crippen LogP contribution in [0.4, 0.5) is 0 Å². The van der Waals surface area contributed by atoms with Crippen molar-refractivity contribution in [3.05, 3.63) is 0 Å². The predicted molar refractivity (Wildman–Crippen MR) is 88.4 cm³/mol. The van der Waals surface area contributed by atoms with Gasteiger partial charge < -0.3 is 0 Å². The van der Waals surface area contributed by atoms with Crippen molar-refractivity contribution in [1.82, 2.24) is 0 Å². The molecule has 0 aliphatic rings. The van der Waals surface area contributed by atoms with Crippen molar-refractivity contribution in [2.24, 2.45) is 0 Å². The van der Waals surface area contributed by atoms with Gasteiger partial charge in [0.25, 0.3) is 0 Å². The van der Waals surface area contributed by atoms with Gasteiger partial charge in [-0.15, -0.1) is 0 Å². The number of phosphoric ester groups is 1. The first-order chi connectivity index (χ1) is 9.99. The minimum atomic E-state index is -3.22. The van der Waals surface area contributed by atoms with Crippen LogP contribution in [-0.4, -0.2) is 39.6 Å². The maximum Gasteiger partial charge on any atom is 0.474 e. The maximum absolute atomic E-state index is 11.3. The van der Waals surface area contributed by atoms with Crippen LogP contribution in [0.3, 0.4) is 0 Å². The third-order valence-electron chi connectivity index (χ3n) is 2.48. The number of hydrogen-bond acceptors (Lipinski definition) is 5. The molecule has 0 aliphatic heterocycles. The van der Waals surface area contributed by atoms with Gasteiger partial charge in [-0.3, -0.25) is 13.6 Å². The second kappa shape index (κ2) is 17.1. The standard InChI is InChI=1S/C6H15O4P.2C4H9.O.Sn/c1-4-8-11(7,9-5-2)10-6-3;2*1-3-4-2;;/h4-6H2,1-3H3;2*1,3-4H2,2H3;;. The average molecular weight is 431 g/mol. The van der Waals surface area contributed by atoms with Gasteiger partial charge in [-0.25, -0.2) is 4.57 Å². The van der Waals surface area contributed by atoms with E-state index in [0.29, 0.717) is 19.8 Å². The molecule has 0 aromatic heterocycles. The van der Waals surface area contributed by atoms with E-state index >= 15 is 0 Å². The van der Waals surface area contributed by atoms with Crippen LogP contribution < -0.4 is 0 Å². The van der Waals surface area contributed by atoms with Crippen LogP contribution in [0.15, 0.2) is 0 Å². The third kappa shape index (κ3) is 16.9. The SMILES string of the molecule is CCC[CH2][Sn](=[O])[CH2]CCC.CCOP(=O)(OCC)OCC. The number of hydrogen-bond donors (Lipinski definition) is 0. The van der Waals surface area contributed by atoms with E-state index in [2.05, 4.69) is 13.8 Å². The normalized spacial score (nSPS) is 10.9. The molecule has 0 aliphatic carbocycles. The van der Waals surface area contributed by atoms with E-state index < -0.39 is 27.6 Å². The fraction of sp³-hybridized carbons (Fsp3) is 1.00. The van der Waals surface area contributed by atoms with Gasteiger partial charge in [0.2, 0.25) is 0 Å². The largest absolute Gasteiger partial charge is 0.474 e. The van der Waals surface area contributed by atoms with Crippen molar-refractivity contribution < 1.29 is 21.2 Å². The summed E-state index contributed by atoms with van der Waals surface area (Å²) in [5.41, 5.74) is 0. The van der Waals surface area contributed by atoms with Crippen LogP contribution in [0.25, 0.3) is 0 Å². The molecule has 0 aromatic rings. The van der Waals surface area contributed by atoms with E-state index in [-0.39, 0.29) is 0 Å². The Balaban J connectivity index is 0. The molecule has 0 aromatic carbocycles. The minimum absolute atomic E-state index is 0.331. The van der Waals surface area contributed by atoms with Crippen LogP contribution in [0, 0.1) is 0 Å². The molecule has 0 unspecified atom stereocenters. The second-order valence-electron chi connectivity index (χ2n) is 4.45. The molecular weight excluding hydrogens is 398 g/mol. The van der Waals surface area contributed by atoms with Crippen LogP contribution >= 0.6 is 7.82 Å². The summed E-state index contributed by atoms with van der Waals surface area (Å²) >= 11 is -1.99. The van der Waals surface area contributed by atoms with Crippen molar-refractivity contribution in [3.63, 3.8) is 0 Å². The first-order valence-electron chi connectivity index (χ1n) is 8.04. The van der Waals surface area contributed by atoms with E-state index in [1.165, 1.54) is 25.7 Å². The Morgan fingerprint density at radius 2 is 1.10 bits per heavy atom. The number of phosphoric acid groups is 1. The molecule has 21 heavy (non-hydrogen) atoms. The van der Waals surface area contributed by atoms with Gasteiger partial charge >= 0.3 is 79.0 Å². The monoisotopic (exact) mass is 432 g/mol. The zero-order valence-corrected chi connectivity index (χ0v) is 18.1. The molecule has 0 radical (unpaired) electrons. The Hall–Kier alpha value is 0.709. The first-order valence-corrected chi connectivity index (χ1v) is 14.7. The van der Waals surface area contributed by atoms with Gasteiger partial charge in [-0.05, 0) is 20.8 Å². The van der Waals surface area contributed by atoms with Crippen molar-refractivity contribution in [1.29, 1.82) is 0 Å². The van der Waals surface area contributed by atoms with Gasteiger partial charge in [0.15, 0.2) is 0 Å². The Morgan fingerprint density at radius 1 is 0.762 bits per heavy atom. The van der Waals surface area contributed by atoms with Gasteiger partial charge in [0, 0.05) is 0 Å². The van der Waals surface area contributed by atoms with Crippen LogP contribution in [-0.2, 0) is 21.2 Å². The third-order valence-corrected chi connectivity index (χ3v) is 9.40. The molecule has 0 rings (SSSR count). The molecule has 0 saturated heterocycles. The first kappa shape index (κ1) is 24.0. The molecule has 0 fully saturated rings. The van der Waals surface area contributed by atoms with E-state index in [1.54, 1.807) is 20.8 Å². The minimum Gasteiger partial charge on any atom is -0.287 e. The summed E-state index contributed by atoms with van der Waals surface area (Å²) in [6.45, 7) is 10.5. The molecule has 0 spiro atoms. The molecule has 0 bridgehead atoms. The summed E-state index contributed by atoms with van der Waals surface area (Å²) in [6, 6.07) is 0. The molecule has 0 atom stereocenters. The second-order valence-corrected chi connectivity index (χ2v) is 12.0. The average Bonchev–Trinajstić information content (AvgIpc) is 2.44. The summed E-state index contributed by atoms with van der Waals surface area (Å²) in [5.74, 6) is 0. The predicted octanol–water partition coefficient (Wildman–Crippen LogP) is 5.21. The zero-order valence-electron chi connectivity index (χ0n) is 14.4. The summed E-state index contributed by atoms with van der Waals surface area (Å²) in [5, 5.41) is 0. The van der Waals surface area contributed by atoms with Crippen LogP contribution in [0.1, 0.15) is 60.3 Å². The molecule has 128 valence electrons. The van der Waals surface area contributed by atoms with Gasteiger partial charge in [-0.1, -0.05) is 0 Å². The zero-order chi connectivity index (χ0) is 16.6. The Labute approximate surface area is 137 Å². The molecule has 0 heterocycles. The summed E-state index contributed by atoms with van der Waals surface area (Å²) < 4.78 is 39.2. The summed E-state index contributed by atoms with van der Waals surface area (Å²) in [7, 11) is -3.22. The molecule has 0 N–H and O–H groups in total. The molecule has 7 heteroatoms. The Bertz CT molecular complexity index is 253. The van der Waals surface area contributed by atoms with Crippen LogP contribution in [0.2, 0.25) is 8.87 Å². The van der Waals surface area contributed by atoms with Gasteiger partial charge in [0.1, 0.15) is 0 Å². The Morgan fingerprint density at radius 3 is 1.33 bits per heavy atom. The van der Waals surface area contributed by atoms with E-state index in [4.69, 9.17) is 13.6 Å². The van der Waals surface area contributed by atoms with E-state index in [0.717, 1.165) is 8.87 Å². The number of unbranched alkanes of at least 4 members (excludes halogenated alkanes) is 2. The van der Waals surface area contributed by atoms with Crippen molar-refractivity contribution in [2.75, 3.05) is 19.8 Å². The molecule has 5 nitrogen and oxygen atoms in total. The fourth-order valence-electron chi connectivity index (χ4n) is 1.46. The van der Waals surface area contributed by atoms with E-state index in [9.17, 15) is 7.64 Å². The number of rotatable bonds is 12. The van der Waals surface area contributed by atoms with Crippen molar-refractivity contribution >= 4 is 27.6 Å².